The van der Waals surface area contributed by atoms with Crippen LogP contribution in [-0.4, -0.2) is 15.0 Å². The monoisotopic (exact) mass is 629 g/mol. The Balaban J connectivity index is 1.35. The summed E-state index contributed by atoms with van der Waals surface area (Å²) in [6, 6.07) is 58.2. The number of thiophene rings is 1. The third kappa shape index (κ3) is 3.90. The first-order valence-electron chi connectivity index (χ1n) is 16.2. The predicted octanol–water partition coefficient (Wildman–Crippen LogP) is 11.1. The van der Waals surface area contributed by atoms with Crippen LogP contribution in [0.5, 0.6) is 0 Å². The molecule has 7 aromatic carbocycles. The Morgan fingerprint density at radius 1 is 0.438 bits per heavy atom. The third-order valence-corrected chi connectivity index (χ3v) is 10.9. The Morgan fingerprint density at radius 2 is 1.06 bits per heavy atom. The molecule has 0 unspecified atom stereocenters. The Bertz CT molecular complexity index is 2650. The van der Waals surface area contributed by atoms with E-state index in [9.17, 15) is 0 Å². The summed E-state index contributed by atoms with van der Waals surface area (Å²) < 4.78 is 2.47. The molecule has 3 nitrogen and oxygen atoms in total. The highest BCUT2D eigenvalue weighted by Gasteiger charge is 2.48. The van der Waals surface area contributed by atoms with Crippen LogP contribution in [0.25, 0.3) is 64.8 Å². The van der Waals surface area contributed by atoms with E-state index in [0.717, 1.165) is 27.9 Å². The van der Waals surface area contributed by atoms with Gasteiger partial charge in [0.1, 0.15) is 5.41 Å². The number of aromatic nitrogens is 3. The topological polar surface area (TPSA) is 38.7 Å². The maximum Gasteiger partial charge on any atom is 0.164 e. The van der Waals surface area contributed by atoms with E-state index >= 15 is 0 Å². The predicted molar refractivity (Wildman–Crippen MR) is 198 cm³/mol. The van der Waals surface area contributed by atoms with E-state index in [0.29, 0.717) is 11.6 Å². The van der Waals surface area contributed by atoms with Crippen molar-refractivity contribution >= 4 is 42.3 Å². The highest BCUT2D eigenvalue weighted by Crippen LogP contribution is 2.55. The molecule has 224 valence electrons. The van der Waals surface area contributed by atoms with Gasteiger partial charge in [-0.05, 0) is 56.8 Å². The molecule has 0 saturated carbocycles. The quantitative estimate of drug-likeness (QED) is 0.194. The molecular formula is C44H27N3S. The molecule has 2 aromatic heterocycles. The van der Waals surface area contributed by atoms with Gasteiger partial charge in [-0.25, -0.2) is 15.0 Å². The van der Waals surface area contributed by atoms with Gasteiger partial charge in [-0.1, -0.05) is 146 Å². The number of benzene rings is 7. The molecule has 4 heteroatoms. The lowest BCUT2D eigenvalue weighted by molar-refractivity contribution is 0.692. The van der Waals surface area contributed by atoms with Crippen molar-refractivity contribution in [2.45, 2.75) is 5.41 Å². The zero-order chi connectivity index (χ0) is 31.7. The van der Waals surface area contributed by atoms with E-state index in [1.165, 1.54) is 47.8 Å². The van der Waals surface area contributed by atoms with E-state index in [1.807, 2.05) is 11.3 Å². The summed E-state index contributed by atoms with van der Waals surface area (Å²) in [6.07, 6.45) is 0. The normalized spacial score (nSPS) is 13.2. The molecule has 0 bridgehead atoms. The Hall–Kier alpha value is -5.97. The largest absolute Gasteiger partial charge is 0.211 e. The second-order valence-electron chi connectivity index (χ2n) is 12.4. The molecule has 0 atom stereocenters. The minimum atomic E-state index is -0.748. The average Bonchev–Trinajstić information content (AvgIpc) is 3.69. The summed E-state index contributed by atoms with van der Waals surface area (Å²) in [4.78, 5) is 16.3. The van der Waals surface area contributed by atoms with Crippen LogP contribution in [0.3, 0.4) is 0 Å². The van der Waals surface area contributed by atoms with Crippen molar-refractivity contribution in [1.82, 2.24) is 15.0 Å². The van der Waals surface area contributed by atoms with Crippen molar-refractivity contribution in [3.05, 3.63) is 186 Å². The van der Waals surface area contributed by atoms with E-state index < -0.39 is 5.41 Å². The smallest absolute Gasteiger partial charge is 0.164 e. The van der Waals surface area contributed by atoms with Crippen molar-refractivity contribution in [1.29, 1.82) is 0 Å². The molecule has 0 amide bonds. The van der Waals surface area contributed by atoms with E-state index in [-0.39, 0.29) is 0 Å². The van der Waals surface area contributed by atoms with Gasteiger partial charge < -0.3 is 0 Å². The number of hydrogen-bond acceptors (Lipinski definition) is 4. The molecule has 0 spiro atoms. The Kier molecular flexibility index (Phi) is 5.96. The SMILES string of the molecule is c1ccc(C2(c3nc(-c4ccc5ccccc5c4)nc(-c4cccc5sc6ccccc6c45)n3)c3ccccc3-c3ccccc32)cc1. The van der Waals surface area contributed by atoms with E-state index in [4.69, 9.17) is 15.0 Å². The Labute approximate surface area is 281 Å². The van der Waals surface area contributed by atoms with Gasteiger partial charge in [0.05, 0.1) is 0 Å². The van der Waals surface area contributed by atoms with Crippen LogP contribution < -0.4 is 0 Å². The minimum absolute atomic E-state index is 0.662. The summed E-state index contributed by atoms with van der Waals surface area (Å²) in [5, 5.41) is 4.74. The van der Waals surface area contributed by atoms with E-state index in [2.05, 4.69) is 164 Å². The molecule has 1 aliphatic carbocycles. The van der Waals surface area contributed by atoms with Crippen LogP contribution in [0.2, 0.25) is 0 Å². The summed E-state index contributed by atoms with van der Waals surface area (Å²) >= 11 is 1.81. The van der Waals surface area contributed by atoms with Crippen molar-refractivity contribution in [3.8, 4) is 33.9 Å². The Morgan fingerprint density at radius 3 is 1.88 bits per heavy atom. The fourth-order valence-electron chi connectivity index (χ4n) is 7.69. The van der Waals surface area contributed by atoms with E-state index in [1.54, 1.807) is 0 Å². The minimum Gasteiger partial charge on any atom is -0.211 e. The molecule has 0 radical (unpaired) electrons. The molecule has 2 heterocycles. The summed E-state index contributed by atoms with van der Waals surface area (Å²) in [5.74, 6) is 2.06. The van der Waals surface area contributed by atoms with Gasteiger partial charge in [-0.3, -0.25) is 0 Å². The fraction of sp³-hybridized carbons (Fsp3) is 0.0227. The van der Waals surface area contributed by atoms with Gasteiger partial charge in [0.2, 0.25) is 0 Å². The maximum atomic E-state index is 5.54. The van der Waals surface area contributed by atoms with Crippen molar-refractivity contribution in [2.24, 2.45) is 0 Å². The molecule has 10 rings (SSSR count). The molecular weight excluding hydrogens is 603 g/mol. The number of fused-ring (bicyclic) bond motifs is 7. The van der Waals surface area contributed by atoms with Gasteiger partial charge in [0.25, 0.3) is 0 Å². The zero-order valence-electron chi connectivity index (χ0n) is 25.8. The molecule has 0 N–H and O–H groups in total. The first kappa shape index (κ1) is 27.2. The number of nitrogens with zero attached hydrogens (tertiary/aromatic N) is 3. The molecule has 1 aliphatic rings. The first-order valence-corrected chi connectivity index (χ1v) is 17.0. The second kappa shape index (κ2) is 10.5. The standard InChI is InChI=1S/C44H27N3S/c1-2-15-31(16-3-1)44(36-21-9-6-17-32(36)33-18-7-10-22-37(33)44)43-46-41(30-26-25-28-13-4-5-14-29(28)27-30)45-42(47-43)35-20-12-24-39-40(35)34-19-8-11-23-38(34)48-39/h1-27H. The first-order chi connectivity index (χ1) is 23.8. The summed E-state index contributed by atoms with van der Waals surface area (Å²) in [6.45, 7) is 0. The lowest BCUT2D eigenvalue weighted by Gasteiger charge is -2.32. The zero-order valence-corrected chi connectivity index (χ0v) is 26.7. The molecule has 48 heavy (non-hydrogen) atoms. The number of hydrogen-bond donors (Lipinski definition) is 0. The van der Waals surface area contributed by atoms with Gasteiger partial charge in [0.15, 0.2) is 17.5 Å². The lowest BCUT2D eigenvalue weighted by Crippen LogP contribution is -2.31. The van der Waals surface area contributed by atoms with Gasteiger partial charge in [-0.2, -0.15) is 0 Å². The van der Waals surface area contributed by atoms with Crippen molar-refractivity contribution in [3.63, 3.8) is 0 Å². The molecule has 9 aromatic rings. The highest BCUT2D eigenvalue weighted by atomic mass is 32.1. The van der Waals surface area contributed by atoms with Crippen LogP contribution in [0.15, 0.2) is 164 Å². The third-order valence-electron chi connectivity index (χ3n) is 9.78. The average molecular weight is 630 g/mol. The molecule has 0 saturated heterocycles. The molecule has 0 aliphatic heterocycles. The van der Waals surface area contributed by atoms with Gasteiger partial charge in [0, 0.05) is 31.3 Å². The van der Waals surface area contributed by atoms with Crippen LogP contribution in [0.1, 0.15) is 22.5 Å². The number of rotatable bonds is 4. The van der Waals surface area contributed by atoms with Gasteiger partial charge >= 0.3 is 0 Å². The fourth-order valence-corrected chi connectivity index (χ4v) is 8.82. The van der Waals surface area contributed by atoms with Crippen molar-refractivity contribution in [2.75, 3.05) is 0 Å². The van der Waals surface area contributed by atoms with Gasteiger partial charge in [-0.15, -0.1) is 11.3 Å². The lowest BCUT2D eigenvalue weighted by atomic mass is 9.71. The van der Waals surface area contributed by atoms with Crippen LogP contribution in [-0.2, 0) is 5.41 Å². The summed E-state index contributed by atoms with van der Waals surface area (Å²) in [5.41, 5.74) is 7.12. The maximum absolute atomic E-state index is 5.54. The van der Waals surface area contributed by atoms with Crippen LogP contribution >= 0.6 is 11.3 Å². The second-order valence-corrected chi connectivity index (χ2v) is 13.4. The van der Waals surface area contributed by atoms with Crippen LogP contribution in [0.4, 0.5) is 0 Å². The molecule has 0 fully saturated rings. The highest BCUT2D eigenvalue weighted by molar-refractivity contribution is 7.25. The van der Waals surface area contributed by atoms with Crippen LogP contribution in [0, 0.1) is 0 Å². The van der Waals surface area contributed by atoms with Crippen molar-refractivity contribution < 1.29 is 0 Å². The summed E-state index contributed by atoms with van der Waals surface area (Å²) in [7, 11) is 0.